The van der Waals surface area contributed by atoms with Crippen LogP contribution in [-0.4, -0.2) is 45.9 Å². The summed E-state index contributed by atoms with van der Waals surface area (Å²) in [5.41, 5.74) is 2.23. The molecule has 2 aromatic rings. The van der Waals surface area contributed by atoms with Gasteiger partial charge in [-0.3, -0.25) is 4.79 Å². The van der Waals surface area contributed by atoms with Crippen molar-refractivity contribution in [2.75, 3.05) is 19.7 Å². The summed E-state index contributed by atoms with van der Waals surface area (Å²) < 4.78 is 22.0. The molecular weight excluding hydrogens is 369 g/mol. The van der Waals surface area contributed by atoms with Gasteiger partial charge in [-0.2, -0.15) is 5.10 Å². The van der Waals surface area contributed by atoms with Gasteiger partial charge in [-0.25, -0.2) is 9.07 Å². The second kappa shape index (κ2) is 6.91. The second-order valence-electron chi connectivity index (χ2n) is 7.49. The number of rotatable bonds is 3. The molecule has 1 amide bonds. The lowest BCUT2D eigenvalue weighted by atomic mass is 10.0. The van der Waals surface area contributed by atoms with E-state index in [1.54, 1.807) is 16.8 Å². The Labute approximate surface area is 163 Å². The molecule has 0 spiro atoms. The molecule has 1 fully saturated rings. The number of aromatic nitrogens is 2. The third-order valence-electron chi connectivity index (χ3n) is 5.66. The van der Waals surface area contributed by atoms with Crippen LogP contribution < -0.4 is 0 Å². The summed E-state index contributed by atoms with van der Waals surface area (Å²) in [4.78, 5) is 15.0. The van der Waals surface area contributed by atoms with E-state index in [1.807, 2.05) is 11.8 Å². The summed E-state index contributed by atoms with van der Waals surface area (Å²) in [6.07, 6.45) is 3.33. The van der Waals surface area contributed by atoms with E-state index in [0.29, 0.717) is 31.1 Å². The van der Waals surface area contributed by atoms with Gasteiger partial charge in [0.2, 0.25) is 0 Å². The van der Waals surface area contributed by atoms with Crippen LogP contribution in [0.25, 0.3) is 5.69 Å². The molecule has 4 rings (SSSR count). The summed E-state index contributed by atoms with van der Waals surface area (Å²) in [5.74, 6) is -0.613. The number of hydrogen-bond acceptors (Lipinski definition) is 3. The van der Waals surface area contributed by atoms with Crippen LogP contribution in [0, 0.1) is 5.82 Å². The molecule has 0 bridgehead atoms. The van der Waals surface area contributed by atoms with Crippen LogP contribution in [-0.2, 0) is 17.6 Å². The number of ether oxygens (including phenoxy) is 1. The molecule has 0 saturated carbocycles. The zero-order chi connectivity index (χ0) is 19.2. The maximum absolute atomic E-state index is 14.6. The summed E-state index contributed by atoms with van der Waals surface area (Å²) in [7, 11) is 0. The number of morpholine rings is 1. The maximum Gasteiger partial charge on any atom is 0.274 e. The summed E-state index contributed by atoms with van der Waals surface area (Å²) in [6, 6.07) is 4.85. The lowest BCUT2D eigenvalue weighted by Gasteiger charge is -2.39. The van der Waals surface area contributed by atoms with Gasteiger partial charge in [0.15, 0.2) is 11.5 Å². The van der Waals surface area contributed by atoms with Gasteiger partial charge in [0, 0.05) is 24.3 Å². The topological polar surface area (TPSA) is 47.4 Å². The molecule has 1 aromatic heterocycles. The monoisotopic (exact) mass is 391 g/mol. The Bertz CT molecular complexity index is 898. The molecule has 1 aliphatic heterocycles. The molecule has 1 saturated heterocycles. The first-order chi connectivity index (χ1) is 12.9. The van der Waals surface area contributed by atoms with Gasteiger partial charge in [-0.1, -0.05) is 24.6 Å². The van der Waals surface area contributed by atoms with Crippen LogP contribution in [0.3, 0.4) is 0 Å². The maximum atomic E-state index is 14.6. The fourth-order valence-corrected chi connectivity index (χ4v) is 4.10. The number of nitrogens with zero attached hydrogens (tertiary/aromatic N) is 3. The lowest BCUT2D eigenvalue weighted by molar-refractivity contribution is -0.0898. The van der Waals surface area contributed by atoms with Gasteiger partial charge in [-0.05, 0) is 44.7 Å². The molecule has 0 N–H and O–H groups in total. The molecule has 1 aromatic carbocycles. The number of carbonyl (C=O) groups is 1. The predicted molar refractivity (Wildman–Crippen MR) is 101 cm³/mol. The van der Waals surface area contributed by atoms with E-state index in [0.717, 1.165) is 36.9 Å². The highest BCUT2D eigenvalue weighted by molar-refractivity contribution is 6.30. The molecule has 0 radical (unpaired) electrons. The smallest absolute Gasteiger partial charge is 0.274 e. The Morgan fingerprint density at radius 2 is 2.22 bits per heavy atom. The first-order valence-electron chi connectivity index (χ1n) is 9.42. The van der Waals surface area contributed by atoms with E-state index in [-0.39, 0.29) is 16.5 Å². The van der Waals surface area contributed by atoms with E-state index in [9.17, 15) is 9.18 Å². The van der Waals surface area contributed by atoms with Crippen molar-refractivity contribution in [1.82, 2.24) is 14.7 Å². The van der Waals surface area contributed by atoms with E-state index >= 15 is 0 Å². The number of hydrogen-bond donors (Lipinski definition) is 0. The number of amides is 1. The number of benzene rings is 1. The Hall–Kier alpha value is -1.92. The molecule has 2 heterocycles. The molecule has 1 atom stereocenters. The fourth-order valence-electron chi connectivity index (χ4n) is 3.93. The normalized spacial score (nSPS) is 22.1. The van der Waals surface area contributed by atoms with Gasteiger partial charge < -0.3 is 9.64 Å². The van der Waals surface area contributed by atoms with Crippen LogP contribution in [0.4, 0.5) is 4.39 Å². The van der Waals surface area contributed by atoms with Crippen molar-refractivity contribution in [2.24, 2.45) is 0 Å². The summed E-state index contributed by atoms with van der Waals surface area (Å²) in [5, 5.41) is 4.59. The standard InChI is InChI=1S/C20H23ClFN3O2/c1-3-20(2)12-24(10-11-27-20)19(26)18-13-6-4-8-15(13)25(23-18)16-9-5-7-14(21)17(16)22/h5,7,9H,3-4,6,8,10-12H2,1-2H3. The van der Waals surface area contributed by atoms with Gasteiger partial charge in [-0.15, -0.1) is 0 Å². The third kappa shape index (κ3) is 3.15. The first kappa shape index (κ1) is 18.4. The van der Waals surface area contributed by atoms with Gasteiger partial charge in [0.25, 0.3) is 5.91 Å². The van der Waals surface area contributed by atoms with Crippen LogP contribution in [0.15, 0.2) is 18.2 Å². The minimum Gasteiger partial charge on any atom is -0.372 e. The van der Waals surface area contributed by atoms with Crippen LogP contribution in [0.5, 0.6) is 0 Å². The zero-order valence-corrected chi connectivity index (χ0v) is 16.4. The number of halogens is 2. The molecule has 7 heteroatoms. The highest BCUT2D eigenvalue weighted by atomic mass is 35.5. The Morgan fingerprint density at radius 1 is 1.41 bits per heavy atom. The number of carbonyl (C=O) groups excluding carboxylic acids is 1. The summed E-state index contributed by atoms with van der Waals surface area (Å²) >= 11 is 5.95. The van der Waals surface area contributed by atoms with E-state index < -0.39 is 5.82 Å². The third-order valence-corrected chi connectivity index (χ3v) is 5.96. The quantitative estimate of drug-likeness (QED) is 0.799. The van der Waals surface area contributed by atoms with Crippen molar-refractivity contribution >= 4 is 17.5 Å². The predicted octanol–water partition coefficient (Wildman–Crippen LogP) is 3.79. The lowest BCUT2D eigenvalue weighted by Crippen LogP contribution is -2.52. The van der Waals surface area contributed by atoms with Gasteiger partial charge in [0.1, 0.15) is 5.69 Å². The molecule has 1 aliphatic carbocycles. The molecule has 5 nitrogen and oxygen atoms in total. The van der Waals surface area contributed by atoms with Crippen molar-refractivity contribution in [1.29, 1.82) is 0 Å². The highest BCUT2D eigenvalue weighted by Gasteiger charge is 2.36. The average molecular weight is 392 g/mol. The van der Waals surface area contributed by atoms with Crippen molar-refractivity contribution in [3.05, 3.63) is 46.0 Å². The van der Waals surface area contributed by atoms with Crippen LogP contribution in [0.1, 0.15) is 48.4 Å². The summed E-state index contributed by atoms with van der Waals surface area (Å²) in [6.45, 7) is 5.68. The molecular formula is C20H23ClFN3O2. The second-order valence-corrected chi connectivity index (χ2v) is 7.90. The van der Waals surface area contributed by atoms with Crippen molar-refractivity contribution in [3.63, 3.8) is 0 Å². The van der Waals surface area contributed by atoms with Gasteiger partial charge in [0.05, 0.1) is 17.2 Å². The van der Waals surface area contributed by atoms with Crippen molar-refractivity contribution in [3.8, 4) is 5.69 Å². The minimum absolute atomic E-state index is 0.0505. The van der Waals surface area contributed by atoms with E-state index in [4.69, 9.17) is 16.3 Å². The van der Waals surface area contributed by atoms with E-state index in [2.05, 4.69) is 12.0 Å². The molecule has 2 aliphatic rings. The van der Waals surface area contributed by atoms with Crippen LogP contribution >= 0.6 is 11.6 Å². The Balaban J connectivity index is 1.73. The average Bonchev–Trinajstić information content (AvgIpc) is 3.26. The van der Waals surface area contributed by atoms with Crippen LogP contribution in [0.2, 0.25) is 5.02 Å². The SMILES string of the molecule is CCC1(C)CN(C(=O)c2nn(-c3cccc(Cl)c3F)c3c2CCC3)CCO1. The Morgan fingerprint density at radius 3 is 3.00 bits per heavy atom. The fraction of sp³-hybridized carbons (Fsp3) is 0.500. The number of fused-ring (bicyclic) bond motifs is 1. The van der Waals surface area contributed by atoms with Crippen molar-refractivity contribution in [2.45, 2.75) is 45.1 Å². The zero-order valence-electron chi connectivity index (χ0n) is 15.6. The molecule has 27 heavy (non-hydrogen) atoms. The largest absolute Gasteiger partial charge is 0.372 e. The van der Waals surface area contributed by atoms with E-state index in [1.165, 1.54) is 6.07 Å². The molecule has 1 unspecified atom stereocenters. The molecule has 144 valence electrons. The Kier molecular flexibility index (Phi) is 4.72. The van der Waals surface area contributed by atoms with Crippen molar-refractivity contribution < 1.29 is 13.9 Å². The highest BCUT2D eigenvalue weighted by Crippen LogP contribution is 2.31. The minimum atomic E-state index is -0.514. The van der Waals surface area contributed by atoms with Gasteiger partial charge >= 0.3 is 0 Å². The first-order valence-corrected chi connectivity index (χ1v) is 9.80.